The zero-order chi connectivity index (χ0) is 14.1. The number of fused-ring (bicyclic) bond motifs is 1. The van der Waals surface area contributed by atoms with Gasteiger partial charge in [0, 0.05) is 11.4 Å². The van der Waals surface area contributed by atoms with E-state index in [0.717, 1.165) is 11.5 Å². The van der Waals surface area contributed by atoms with Crippen molar-refractivity contribution in [3.63, 3.8) is 0 Å². The van der Waals surface area contributed by atoms with Crippen molar-refractivity contribution in [3.05, 3.63) is 23.2 Å². The maximum absolute atomic E-state index is 11.9. The highest BCUT2D eigenvalue weighted by Gasteiger charge is 2.19. The third-order valence-electron chi connectivity index (χ3n) is 2.63. The van der Waals surface area contributed by atoms with Crippen LogP contribution in [0, 0.1) is 0 Å². The molecule has 0 unspecified atom stereocenters. The average Bonchev–Trinajstić information content (AvgIpc) is 2.94. The molecule has 0 saturated heterocycles. The number of aromatic nitrogens is 2. The Bertz CT molecular complexity index is 686. The second-order valence-corrected chi connectivity index (χ2v) is 4.63. The molecule has 2 heterocycles. The number of nitrogens with zero attached hydrogens (tertiary/aromatic N) is 2. The van der Waals surface area contributed by atoms with E-state index >= 15 is 0 Å². The van der Waals surface area contributed by atoms with E-state index in [4.69, 9.17) is 10.5 Å². The number of nitrogen functional groups attached to an aromatic ring is 1. The van der Waals surface area contributed by atoms with Crippen molar-refractivity contribution in [2.45, 2.75) is 0 Å². The highest BCUT2D eigenvalue weighted by molar-refractivity contribution is 7.03. The molecule has 1 aromatic heterocycles. The van der Waals surface area contributed by atoms with Crippen molar-refractivity contribution in [2.24, 2.45) is 0 Å². The third kappa shape index (κ3) is 2.26. The lowest BCUT2D eigenvalue weighted by Crippen LogP contribution is -2.25. The first-order valence-corrected chi connectivity index (χ1v) is 6.42. The summed E-state index contributed by atoms with van der Waals surface area (Å²) in [5, 5.41) is 10.4. The Kier molecular flexibility index (Phi) is 2.95. The Labute approximate surface area is 117 Å². The zero-order valence-corrected chi connectivity index (χ0v) is 10.9. The molecule has 0 bridgehead atoms. The van der Waals surface area contributed by atoms with Gasteiger partial charge in [0.25, 0.3) is 11.8 Å². The molecular weight excluding hydrogens is 282 g/mol. The number of anilines is 3. The molecule has 20 heavy (non-hydrogen) atoms. The second-order valence-electron chi connectivity index (χ2n) is 4.02. The van der Waals surface area contributed by atoms with Crippen LogP contribution in [0.1, 0.15) is 10.5 Å². The smallest absolute Gasteiger partial charge is 0.277 e. The van der Waals surface area contributed by atoms with E-state index in [1.807, 2.05) is 0 Å². The van der Waals surface area contributed by atoms with E-state index in [2.05, 4.69) is 20.2 Å². The van der Waals surface area contributed by atoms with Gasteiger partial charge in [-0.15, -0.1) is 5.10 Å². The van der Waals surface area contributed by atoms with Gasteiger partial charge >= 0.3 is 0 Å². The summed E-state index contributed by atoms with van der Waals surface area (Å²) in [5.41, 5.74) is 7.20. The first-order valence-electron chi connectivity index (χ1n) is 5.58. The Balaban J connectivity index is 1.88. The van der Waals surface area contributed by atoms with Crippen LogP contribution < -0.4 is 21.1 Å². The van der Waals surface area contributed by atoms with Gasteiger partial charge in [-0.3, -0.25) is 9.59 Å². The molecule has 1 aliphatic rings. The van der Waals surface area contributed by atoms with Crippen LogP contribution in [0.15, 0.2) is 17.5 Å². The molecule has 9 heteroatoms. The zero-order valence-electron chi connectivity index (χ0n) is 10.0. The fourth-order valence-corrected chi connectivity index (χ4v) is 2.14. The highest BCUT2D eigenvalue weighted by Crippen LogP contribution is 2.35. The predicted molar refractivity (Wildman–Crippen MR) is 72.8 cm³/mol. The topological polar surface area (TPSA) is 119 Å². The molecule has 102 valence electrons. The van der Waals surface area contributed by atoms with Gasteiger partial charge in [-0.05, 0) is 17.6 Å². The molecule has 0 radical (unpaired) electrons. The second kappa shape index (κ2) is 4.78. The fraction of sp³-hybridized carbons (Fsp3) is 0.0909. The van der Waals surface area contributed by atoms with Gasteiger partial charge in [0.2, 0.25) is 0 Å². The van der Waals surface area contributed by atoms with Crippen LogP contribution in [0.4, 0.5) is 17.1 Å². The maximum Gasteiger partial charge on any atom is 0.277 e. The summed E-state index contributed by atoms with van der Waals surface area (Å²) in [6.45, 7) is -0.0529. The number of carbonyl (C=O) groups is 2. The molecule has 2 aromatic rings. The molecule has 2 amide bonds. The van der Waals surface area contributed by atoms with E-state index in [1.165, 1.54) is 5.38 Å². The molecular formula is C11H9N5O3S. The molecule has 0 atom stereocenters. The van der Waals surface area contributed by atoms with E-state index in [9.17, 15) is 9.59 Å². The largest absolute Gasteiger partial charge is 0.482 e. The number of carbonyl (C=O) groups excluding carboxylic acids is 2. The number of benzene rings is 1. The van der Waals surface area contributed by atoms with E-state index in [0.29, 0.717) is 22.8 Å². The van der Waals surface area contributed by atoms with Gasteiger partial charge in [0.15, 0.2) is 12.3 Å². The van der Waals surface area contributed by atoms with Crippen molar-refractivity contribution < 1.29 is 14.3 Å². The highest BCUT2D eigenvalue weighted by atomic mass is 32.1. The summed E-state index contributed by atoms with van der Waals surface area (Å²) in [6.07, 6.45) is 0. The number of hydrogen-bond acceptors (Lipinski definition) is 7. The lowest BCUT2D eigenvalue weighted by atomic mass is 10.2. The molecule has 1 aliphatic heterocycles. The summed E-state index contributed by atoms with van der Waals surface area (Å²) >= 11 is 1.08. The van der Waals surface area contributed by atoms with Crippen LogP contribution in [0.2, 0.25) is 0 Å². The van der Waals surface area contributed by atoms with Crippen molar-refractivity contribution in [1.29, 1.82) is 0 Å². The number of hydrogen-bond donors (Lipinski definition) is 3. The van der Waals surface area contributed by atoms with Crippen LogP contribution in [0.3, 0.4) is 0 Å². The molecule has 0 spiro atoms. The first-order chi connectivity index (χ1) is 9.63. The van der Waals surface area contributed by atoms with Crippen LogP contribution in [-0.4, -0.2) is 28.0 Å². The van der Waals surface area contributed by atoms with Crippen molar-refractivity contribution in [2.75, 3.05) is 23.0 Å². The predicted octanol–water partition coefficient (Wildman–Crippen LogP) is 0.703. The Morgan fingerprint density at radius 3 is 3.10 bits per heavy atom. The molecule has 3 rings (SSSR count). The molecule has 0 saturated carbocycles. The molecule has 4 N–H and O–H groups in total. The van der Waals surface area contributed by atoms with Crippen molar-refractivity contribution in [3.8, 4) is 5.75 Å². The standard InChI is InChI=1S/C11H9N5O3S/c12-5-1-9-7(13-10(17)3-19-9)2-6(5)14-11(18)8-4-20-16-15-8/h1-2,4H,3,12H2,(H,13,17)(H,14,18). The average molecular weight is 291 g/mol. The van der Waals surface area contributed by atoms with Crippen LogP contribution in [-0.2, 0) is 4.79 Å². The fourth-order valence-electron chi connectivity index (χ4n) is 1.70. The monoisotopic (exact) mass is 291 g/mol. The minimum Gasteiger partial charge on any atom is -0.482 e. The van der Waals surface area contributed by atoms with E-state index < -0.39 is 5.91 Å². The Hall–Kier alpha value is -2.68. The number of nitrogens with two attached hydrogens (primary N) is 1. The van der Waals surface area contributed by atoms with Gasteiger partial charge < -0.3 is 21.1 Å². The molecule has 1 aromatic carbocycles. The Morgan fingerprint density at radius 2 is 2.35 bits per heavy atom. The Morgan fingerprint density at radius 1 is 1.50 bits per heavy atom. The SMILES string of the molecule is Nc1cc2c(cc1NC(=O)c1csnn1)NC(=O)CO2. The van der Waals surface area contributed by atoms with Crippen LogP contribution in [0.5, 0.6) is 5.75 Å². The summed E-state index contributed by atoms with van der Waals surface area (Å²) < 4.78 is 8.83. The van der Waals surface area contributed by atoms with Gasteiger partial charge in [-0.2, -0.15) is 0 Å². The normalized spacial score (nSPS) is 13.1. The van der Waals surface area contributed by atoms with Gasteiger partial charge in [0.1, 0.15) is 5.75 Å². The molecule has 8 nitrogen and oxygen atoms in total. The van der Waals surface area contributed by atoms with Crippen molar-refractivity contribution >= 4 is 40.4 Å². The van der Waals surface area contributed by atoms with E-state index in [-0.39, 0.29) is 18.2 Å². The van der Waals surface area contributed by atoms with E-state index in [1.54, 1.807) is 12.1 Å². The van der Waals surface area contributed by atoms with Crippen molar-refractivity contribution in [1.82, 2.24) is 9.59 Å². The lowest BCUT2D eigenvalue weighted by Gasteiger charge is -2.19. The van der Waals surface area contributed by atoms with Gasteiger partial charge in [-0.1, -0.05) is 4.49 Å². The molecule has 0 aliphatic carbocycles. The third-order valence-corrected chi connectivity index (χ3v) is 3.13. The summed E-state index contributed by atoms with van der Waals surface area (Å²) in [5.74, 6) is -0.216. The first kappa shape index (κ1) is 12.4. The summed E-state index contributed by atoms with van der Waals surface area (Å²) in [6, 6.07) is 3.09. The maximum atomic E-state index is 11.9. The van der Waals surface area contributed by atoms with Gasteiger partial charge in [0.05, 0.1) is 17.1 Å². The van der Waals surface area contributed by atoms with Crippen LogP contribution in [0.25, 0.3) is 0 Å². The minimum atomic E-state index is -0.423. The van der Waals surface area contributed by atoms with Gasteiger partial charge in [-0.25, -0.2) is 0 Å². The summed E-state index contributed by atoms with van der Waals surface area (Å²) in [7, 11) is 0. The summed E-state index contributed by atoms with van der Waals surface area (Å²) in [4.78, 5) is 23.1. The number of amides is 2. The number of nitrogens with one attached hydrogen (secondary N) is 2. The molecule has 0 fully saturated rings. The minimum absolute atomic E-state index is 0.0529. The number of ether oxygens (including phenoxy) is 1. The number of rotatable bonds is 2. The van der Waals surface area contributed by atoms with Crippen LogP contribution >= 0.6 is 11.5 Å². The lowest BCUT2D eigenvalue weighted by molar-refractivity contribution is -0.118. The quantitative estimate of drug-likeness (QED) is 0.701.